The molecule has 5 rings (SSSR count). The molecule has 7 heteroatoms. The van der Waals surface area contributed by atoms with Crippen LogP contribution in [-0.4, -0.2) is 43.8 Å². The molecule has 1 aliphatic rings. The molecule has 1 aliphatic heterocycles. The third-order valence-electron chi connectivity index (χ3n) is 5.44. The minimum absolute atomic E-state index is 0.286. The van der Waals surface area contributed by atoms with Gasteiger partial charge in [0.25, 0.3) is 0 Å². The maximum atomic E-state index is 11.0. The fourth-order valence-corrected chi connectivity index (χ4v) is 4.03. The lowest BCUT2D eigenvalue weighted by Gasteiger charge is -2.28. The average Bonchev–Trinajstić information content (AvgIpc) is 3.30. The fourth-order valence-electron chi connectivity index (χ4n) is 4.03. The summed E-state index contributed by atoms with van der Waals surface area (Å²) in [6.45, 7) is 1.51. The largest absolute Gasteiger partial charge is 0.382 e. The summed E-state index contributed by atoms with van der Waals surface area (Å²) >= 11 is 0. The quantitative estimate of drug-likeness (QED) is 0.550. The highest BCUT2D eigenvalue weighted by atomic mass is 16.1. The van der Waals surface area contributed by atoms with Crippen LogP contribution in [0, 0.1) is 0 Å². The lowest BCUT2D eigenvalue weighted by atomic mass is 9.96. The molecule has 1 aromatic carbocycles. The Kier molecular flexibility index (Phi) is 3.60. The van der Waals surface area contributed by atoms with Gasteiger partial charge in [-0.2, -0.15) is 0 Å². The molecule has 136 valence electrons. The number of amides is 1. The van der Waals surface area contributed by atoms with Crippen molar-refractivity contribution in [2.45, 2.75) is 18.8 Å². The molecule has 3 aromatic heterocycles. The fraction of sp³-hybridized carbons (Fsp3) is 0.250. The standard InChI is InChI=1S/C20H20N6O/c21-19-18-17(16-11-14-3-1-2-4-15(14)23-16)24-20(26(18)10-7-22-19)13-5-8-25(12-27)9-6-13/h1-4,7,10-13,23H,5-6,8-9H2,(H2,21,22). The monoisotopic (exact) mass is 360 g/mol. The van der Waals surface area contributed by atoms with Crippen molar-refractivity contribution in [1.82, 2.24) is 24.3 Å². The third kappa shape index (κ3) is 2.54. The van der Waals surface area contributed by atoms with E-state index < -0.39 is 0 Å². The van der Waals surface area contributed by atoms with Gasteiger partial charge in [0, 0.05) is 42.3 Å². The van der Waals surface area contributed by atoms with Gasteiger partial charge in [-0.25, -0.2) is 9.97 Å². The van der Waals surface area contributed by atoms with Crippen LogP contribution < -0.4 is 5.73 Å². The number of nitrogens with one attached hydrogen (secondary N) is 1. The van der Waals surface area contributed by atoms with Crippen molar-refractivity contribution in [3.63, 3.8) is 0 Å². The first-order chi connectivity index (χ1) is 13.2. The Labute approximate surface area is 155 Å². The number of anilines is 1. The van der Waals surface area contributed by atoms with E-state index >= 15 is 0 Å². The Morgan fingerprint density at radius 2 is 2.04 bits per heavy atom. The van der Waals surface area contributed by atoms with Crippen molar-refractivity contribution in [2.24, 2.45) is 0 Å². The van der Waals surface area contributed by atoms with Gasteiger partial charge in [0.1, 0.15) is 22.9 Å². The molecule has 27 heavy (non-hydrogen) atoms. The van der Waals surface area contributed by atoms with E-state index in [-0.39, 0.29) is 5.92 Å². The molecule has 3 N–H and O–H groups in total. The molecule has 0 radical (unpaired) electrons. The van der Waals surface area contributed by atoms with Gasteiger partial charge >= 0.3 is 0 Å². The summed E-state index contributed by atoms with van der Waals surface area (Å²) in [5, 5.41) is 1.14. The molecular weight excluding hydrogens is 340 g/mol. The van der Waals surface area contributed by atoms with Gasteiger partial charge in [0.15, 0.2) is 0 Å². The number of nitrogens with two attached hydrogens (primary N) is 1. The number of piperidine rings is 1. The van der Waals surface area contributed by atoms with E-state index in [4.69, 9.17) is 10.7 Å². The molecule has 0 unspecified atom stereocenters. The first-order valence-corrected chi connectivity index (χ1v) is 9.14. The normalized spacial score (nSPS) is 15.6. The minimum atomic E-state index is 0.286. The summed E-state index contributed by atoms with van der Waals surface area (Å²) in [5.41, 5.74) is 9.89. The maximum Gasteiger partial charge on any atom is 0.209 e. The van der Waals surface area contributed by atoms with Gasteiger partial charge in [-0.3, -0.25) is 9.20 Å². The second-order valence-corrected chi connectivity index (χ2v) is 7.04. The van der Waals surface area contributed by atoms with E-state index in [0.717, 1.165) is 66.0 Å². The summed E-state index contributed by atoms with van der Waals surface area (Å²) in [4.78, 5) is 25.6. The lowest BCUT2D eigenvalue weighted by molar-refractivity contribution is -0.119. The molecule has 0 spiro atoms. The number of nitrogens with zero attached hydrogens (tertiary/aromatic N) is 4. The number of imidazole rings is 1. The number of hydrogen-bond acceptors (Lipinski definition) is 4. The Hall–Kier alpha value is -3.35. The highest BCUT2D eigenvalue weighted by Crippen LogP contribution is 2.34. The van der Waals surface area contributed by atoms with E-state index in [1.54, 1.807) is 6.20 Å². The highest BCUT2D eigenvalue weighted by Gasteiger charge is 2.26. The Bertz CT molecular complexity index is 1100. The molecule has 7 nitrogen and oxygen atoms in total. The number of aromatic nitrogens is 4. The van der Waals surface area contributed by atoms with Crippen LogP contribution in [0.4, 0.5) is 5.82 Å². The third-order valence-corrected chi connectivity index (χ3v) is 5.44. The zero-order valence-electron chi connectivity index (χ0n) is 14.8. The van der Waals surface area contributed by atoms with E-state index in [1.807, 2.05) is 23.2 Å². The van der Waals surface area contributed by atoms with E-state index in [9.17, 15) is 4.79 Å². The smallest absolute Gasteiger partial charge is 0.209 e. The SMILES string of the molecule is Nc1nccn2c(C3CCN(C=O)CC3)nc(-c3cc4ccccc4[nH]3)c12. The first-order valence-electron chi connectivity index (χ1n) is 9.14. The summed E-state index contributed by atoms with van der Waals surface area (Å²) in [6, 6.07) is 10.3. The van der Waals surface area contributed by atoms with Crippen molar-refractivity contribution in [3.8, 4) is 11.4 Å². The molecule has 0 saturated carbocycles. The maximum absolute atomic E-state index is 11.0. The van der Waals surface area contributed by atoms with E-state index in [1.165, 1.54) is 0 Å². The summed E-state index contributed by atoms with van der Waals surface area (Å²) in [7, 11) is 0. The Morgan fingerprint density at radius 3 is 2.81 bits per heavy atom. The number of nitrogen functional groups attached to an aromatic ring is 1. The second-order valence-electron chi connectivity index (χ2n) is 7.04. The van der Waals surface area contributed by atoms with Crippen LogP contribution in [0.1, 0.15) is 24.6 Å². The summed E-state index contributed by atoms with van der Waals surface area (Å²) in [5.74, 6) is 1.74. The molecule has 4 heterocycles. The second kappa shape index (κ2) is 6.12. The van der Waals surface area contributed by atoms with Gasteiger partial charge in [0.2, 0.25) is 6.41 Å². The van der Waals surface area contributed by atoms with Crippen molar-refractivity contribution in [1.29, 1.82) is 0 Å². The van der Waals surface area contributed by atoms with Gasteiger partial charge < -0.3 is 15.6 Å². The Morgan fingerprint density at radius 1 is 1.22 bits per heavy atom. The van der Waals surface area contributed by atoms with Crippen LogP contribution in [-0.2, 0) is 4.79 Å². The van der Waals surface area contributed by atoms with E-state index in [2.05, 4.69) is 32.6 Å². The number of H-pyrrole nitrogens is 1. The average molecular weight is 360 g/mol. The Balaban J connectivity index is 1.66. The molecule has 4 aromatic rings. The first kappa shape index (κ1) is 15.9. The molecular formula is C20H20N6O. The number of fused-ring (bicyclic) bond motifs is 2. The van der Waals surface area contributed by atoms with Crippen LogP contribution in [0.15, 0.2) is 42.7 Å². The van der Waals surface area contributed by atoms with Crippen molar-refractivity contribution in [2.75, 3.05) is 18.8 Å². The minimum Gasteiger partial charge on any atom is -0.382 e. The predicted molar refractivity (Wildman–Crippen MR) is 104 cm³/mol. The number of carbonyl (C=O) groups excluding carboxylic acids is 1. The molecule has 1 amide bonds. The topological polar surface area (TPSA) is 92.3 Å². The highest BCUT2D eigenvalue weighted by molar-refractivity contribution is 5.91. The van der Waals surface area contributed by atoms with E-state index in [0.29, 0.717) is 5.82 Å². The number of rotatable bonds is 3. The number of hydrogen-bond donors (Lipinski definition) is 2. The van der Waals surface area contributed by atoms with Gasteiger partial charge in [-0.15, -0.1) is 0 Å². The number of para-hydroxylation sites is 1. The van der Waals surface area contributed by atoms with Crippen LogP contribution in [0.3, 0.4) is 0 Å². The van der Waals surface area contributed by atoms with Gasteiger partial charge in [0.05, 0.1) is 5.69 Å². The predicted octanol–water partition coefficient (Wildman–Crippen LogP) is 2.80. The van der Waals surface area contributed by atoms with Gasteiger partial charge in [-0.05, 0) is 25.0 Å². The van der Waals surface area contributed by atoms with Crippen LogP contribution >= 0.6 is 0 Å². The number of aromatic amines is 1. The number of likely N-dealkylation sites (tertiary alicyclic amines) is 1. The van der Waals surface area contributed by atoms with Crippen LogP contribution in [0.2, 0.25) is 0 Å². The van der Waals surface area contributed by atoms with Crippen molar-refractivity contribution in [3.05, 3.63) is 48.5 Å². The van der Waals surface area contributed by atoms with Gasteiger partial charge in [-0.1, -0.05) is 18.2 Å². The van der Waals surface area contributed by atoms with Crippen LogP contribution in [0.25, 0.3) is 27.8 Å². The van der Waals surface area contributed by atoms with Crippen LogP contribution in [0.5, 0.6) is 0 Å². The molecule has 0 bridgehead atoms. The zero-order chi connectivity index (χ0) is 18.4. The molecule has 0 atom stereocenters. The summed E-state index contributed by atoms with van der Waals surface area (Å²) in [6.07, 6.45) is 6.35. The number of carbonyl (C=O) groups is 1. The summed E-state index contributed by atoms with van der Waals surface area (Å²) < 4.78 is 2.06. The molecule has 0 aliphatic carbocycles. The molecule has 1 fully saturated rings. The zero-order valence-corrected chi connectivity index (χ0v) is 14.8. The van der Waals surface area contributed by atoms with Crippen molar-refractivity contribution < 1.29 is 4.79 Å². The van der Waals surface area contributed by atoms with Crippen molar-refractivity contribution >= 4 is 28.6 Å². The lowest BCUT2D eigenvalue weighted by Crippen LogP contribution is -2.32. The molecule has 1 saturated heterocycles. The number of benzene rings is 1.